The molecule has 1 aliphatic carbocycles. The molecule has 1 aromatic carbocycles. The molecule has 3 nitrogen and oxygen atoms in total. The maximum Gasteiger partial charge on any atom is 0.0705 e. The van der Waals surface area contributed by atoms with Crippen LogP contribution in [0.2, 0.25) is 0 Å². The fourth-order valence-electron chi connectivity index (χ4n) is 2.97. The average Bonchev–Trinajstić information content (AvgIpc) is 2.92. The second-order valence-electron chi connectivity index (χ2n) is 5.36. The quantitative estimate of drug-likeness (QED) is 0.883. The molecule has 0 radical (unpaired) electrons. The van der Waals surface area contributed by atoms with Gasteiger partial charge in [0.2, 0.25) is 0 Å². The molecule has 1 aromatic heterocycles. The van der Waals surface area contributed by atoms with Crippen molar-refractivity contribution in [3.63, 3.8) is 0 Å². The van der Waals surface area contributed by atoms with Crippen molar-refractivity contribution >= 4 is 10.9 Å². The first kappa shape index (κ1) is 12.6. The number of aliphatic hydroxyl groups is 1. The highest BCUT2D eigenvalue weighted by atomic mass is 16.3. The molecule has 1 heterocycles. The molecule has 100 valence electrons. The summed E-state index contributed by atoms with van der Waals surface area (Å²) in [5, 5.41) is 14.0. The van der Waals surface area contributed by atoms with Gasteiger partial charge < -0.3 is 10.4 Å². The van der Waals surface area contributed by atoms with Crippen LogP contribution in [-0.4, -0.2) is 22.7 Å². The predicted octanol–water partition coefficient (Wildman–Crippen LogP) is 2.49. The van der Waals surface area contributed by atoms with Crippen LogP contribution in [-0.2, 0) is 6.54 Å². The summed E-state index contributed by atoms with van der Waals surface area (Å²) in [4.78, 5) is 4.66. The van der Waals surface area contributed by atoms with Crippen LogP contribution in [0.3, 0.4) is 0 Å². The molecular formula is C16H20N2O. The van der Waals surface area contributed by atoms with Gasteiger partial charge in [0.25, 0.3) is 0 Å². The summed E-state index contributed by atoms with van der Waals surface area (Å²) in [6, 6.07) is 12.8. The van der Waals surface area contributed by atoms with E-state index in [4.69, 9.17) is 0 Å². The van der Waals surface area contributed by atoms with Crippen LogP contribution in [0, 0.1) is 5.92 Å². The van der Waals surface area contributed by atoms with Gasteiger partial charge in [0.1, 0.15) is 0 Å². The maximum absolute atomic E-state index is 9.32. The third kappa shape index (κ3) is 2.77. The summed E-state index contributed by atoms with van der Waals surface area (Å²) in [6.07, 6.45) is 3.52. The van der Waals surface area contributed by atoms with E-state index in [2.05, 4.69) is 28.5 Å². The molecule has 1 fully saturated rings. The van der Waals surface area contributed by atoms with Crippen molar-refractivity contribution in [2.24, 2.45) is 5.92 Å². The van der Waals surface area contributed by atoms with E-state index >= 15 is 0 Å². The van der Waals surface area contributed by atoms with Gasteiger partial charge in [-0.1, -0.05) is 30.7 Å². The summed E-state index contributed by atoms with van der Waals surface area (Å²) in [5.74, 6) is 0.417. The number of aliphatic hydroxyl groups excluding tert-OH is 1. The Morgan fingerprint density at radius 2 is 2.05 bits per heavy atom. The zero-order valence-electron chi connectivity index (χ0n) is 11.0. The van der Waals surface area contributed by atoms with Gasteiger partial charge in [-0.2, -0.15) is 0 Å². The molecule has 0 bridgehead atoms. The molecule has 2 unspecified atom stereocenters. The largest absolute Gasteiger partial charge is 0.396 e. The Hall–Kier alpha value is -1.45. The van der Waals surface area contributed by atoms with Gasteiger partial charge in [-0.3, -0.25) is 4.98 Å². The molecule has 1 aliphatic rings. The first-order valence-electron chi connectivity index (χ1n) is 7.06. The normalized spacial score (nSPS) is 23.0. The SMILES string of the molecule is OCC1CCCC1NCc1ccc2ccccc2n1. The lowest BCUT2D eigenvalue weighted by Gasteiger charge is -2.18. The number of benzene rings is 1. The fourth-order valence-corrected chi connectivity index (χ4v) is 2.97. The van der Waals surface area contributed by atoms with E-state index < -0.39 is 0 Å². The summed E-state index contributed by atoms with van der Waals surface area (Å²) < 4.78 is 0. The number of nitrogens with one attached hydrogen (secondary N) is 1. The summed E-state index contributed by atoms with van der Waals surface area (Å²) in [7, 11) is 0. The molecule has 3 heteroatoms. The van der Waals surface area contributed by atoms with Gasteiger partial charge >= 0.3 is 0 Å². The Morgan fingerprint density at radius 3 is 2.95 bits per heavy atom. The fraction of sp³-hybridized carbons (Fsp3) is 0.438. The monoisotopic (exact) mass is 256 g/mol. The summed E-state index contributed by atoms with van der Waals surface area (Å²) in [6.45, 7) is 1.08. The third-order valence-electron chi connectivity index (χ3n) is 4.10. The standard InChI is InChI=1S/C16H20N2O/c19-11-13-5-3-7-15(13)17-10-14-9-8-12-4-1-2-6-16(12)18-14/h1-2,4,6,8-9,13,15,17,19H,3,5,7,10-11H2. The molecule has 1 saturated carbocycles. The average molecular weight is 256 g/mol. The summed E-state index contributed by atoms with van der Waals surface area (Å²) in [5.41, 5.74) is 2.12. The number of hydrogen-bond donors (Lipinski definition) is 2. The molecule has 0 aliphatic heterocycles. The van der Waals surface area contributed by atoms with E-state index in [9.17, 15) is 5.11 Å². The van der Waals surface area contributed by atoms with Crippen LogP contribution in [0.25, 0.3) is 10.9 Å². The molecule has 2 N–H and O–H groups in total. The number of fused-ring (bicyclic) bond motifs is 1. The number of hydrogen-bond acceptors (Lipinski definition) is 3. The van der Waals surface area contributed by atoms with Gasteiger partial charge in [-0.15, -0.1) is 0 Å². The molecule has 2 atom stereocenters. The highest BCUT2D eigenvalue weighted by Crippen LogP contribution is 2.25. The highest BCUT2D eigenvalue weighted by molar-refractivity contribution is 5.78. The van der Waals surface area contributed by atoms with Gasteiger partial charge in [0.05, 0.1) is 11.2 Å². The Morgan fingerprint density at radius 1 is 1.16 bits per heavy atom. The van der Waals surface area contributed by atoms with Crippen LogP contribution >= 0.6 is 0 Å². The van der Waals surface area contributed by atoms with Crippen molar-refractivity contribution in [2.45, 2.75) is 31.8 Å². The van der Waals surface area contributed by atoms with E-state index in [1.54, 1.807) is 0 Å². The van der Waals surface area contributed by atoms with Gasteiger partial charge in [0.15, 0.2) is 0 Å². The minimum Gasteiger partial charge on any atom is -0.396 e. The van der Waals surface area contributed by atoms with Crippen LogP contribution in [0.15, 0.2) is 36.4 Å². The minimum absolute atomic E-state index is 0.294. The highest BCUT2D eigenvalue weighted by Gasteiger charge is 2.25. The maximum atomic E-state index is 9.32. The first-order valence-corrected chi connectivity index (χ1v) is 7.06. The van der Waals surface area contributed by atoms with Crippen molar-refractivity contribution in [3.8, 4) is 0 Å². The Kier molecular flexibility index (Phi) is 3.76. The van der Waals surface area contributed by atoms with Gasteiger partial charge in [-0.05, 0) is 30.9 Å². The van der Waals surface area contributed by atoms with Gasteiger partial charge in [0, 0.05) is 24.6 Å². The van der Waals surface area contributed by atoms with Gasteiger partial charge in [-0.25, -0.2) is 0 Å². The first-order chi connectivity index (χ1) is 9.36. The second-order valence-corrected chi connectivity index (χ2v) is 5.36. The van der Waals surface area contributed by atoms with Crippen molar-refractivity contribution in [1.82, 2.24) is 10.3 Å². The number of nitrogens with zero attached hydrogens (tertiary/aromatic N) is 1. The molecular weight excluding hydrogens is 236 g/mol. The van der Waals surface area contributed by atoms with Crippen molar-refractivity contribution < 1.29 is 5.11 Å². The van der Waals surface area contributed by atoms with E-state index in [1.807, 2.05) is 18.2 Å². The van der Waals surface area contributed by atoms with E-state index in [0.29, 0.717) is 18.6 Å². The Bertz CT molecular complexity index is 555. The zero-order valence-corrected chi connectivity index (χ0v) is 11.0. The van der Waals surface area contributed by atoms with E-state index in [-0.39, 0.29) is 0 Å². The molecule has 0 amide bonds. The Labute approximate surface area is 113 Å². The van der Waals surface area contributed by atoms with E-state index in [0.717, 1.165) is 24.2 Å². The second kappa shape index (κ2) is 5.68. The number of pyridine rings is 1. The molecule has 2 aromatic rings. The van der Waals surface area contributed by atoms with E-state index in [1.165, 1.54) is 18.2 Å². The third-order valence-corrected chi connectivity index (χ3v) is 4.10. The van der Waals surface area contributed by atoms with Crippen molar-refractivity contribution in [3.05, 3.63) is 42.1 Å². The zero-order chi connectivity index (χ0) is 13.1. The molecule has 19 heavy (non-hydrogen) atoms. The smallest absolute Gasteiger partial charge is 0.0705 e. The van der Waals surface area contributed by atoms with Crippen LogP contribution in [0.1, 0.15) is 25.0 Å². The molecule has 0 spiro atoms. The van der Waals surface area contributed by atoms with Crippen LogP contribution < -0.4 is 5.32 Å². The Balaban J connectivity index is 1.68. The number of rotatable bonds is 4. The lowest BCUT2D eigenvalue weighted by molar-refractivity contribution is 0.205. The van der Waals surface area contributed by atoms with Crippen molar-refractivity contribution in [1.29, 1.82) is 0 Å². The predicted molar refractivity (Wildman–Crippen MR) is 76.8 cm³/mol. The number of aromatic nitrogens is 1. The van der Waals surface area contributed by atoms with Crippen molar-refractivity contribution in [2.75, 3.05) is 6.61 Å². The van der Waals surface area contributed by atoms with Crippen LogP contribution in [0.4, 0.5) is 0 Å². The lowest BCUT2D eigenvalue weighted by Crippen LogP contribution is -2.33. The molecule has 3 rings (SSSR count). The molecule has 0 saturated heterocycles. The lowest BCUT2D eigenvalue weighted by atomic mass is 10.1. The minimum atomic E-state index is 0.294. The number of para-hydroxylation sites is 1. The topological polar surface area (TPSA) is 45.1 Å². The summed E-state index contributed by atoms with van der Waals surface area (Å²) >= 11 is 0. The van der Waals surface area contributed by atoms with Crippen LogP contribution in [0.5, 0.6) is 0 Å².